The average Bonchev–Trinajstić information content (AvgIpc) is 2.72. The molecule has 1 aliphatic carbocycles. The number of aliphatic hydroxyl groups excluding tert-OH is 1. The molecule has 14 heavy (non-hydrogen) atoms. The van der Waals surface area contributed by atoms with E-state index < -0.39 is 0 Å². The van der Waals surface area contributed by atoms with Crippen molar-refractivity contribution < 1.29 is 5.11 Å². The molecule has 2 atom stereocenters. The second-order valence-corrected chi connectivity index (χ2v) is 5.06. The number of piperidine rings is 1. The molecule has 2 nitrogen and oxygen atoms in total. The van der Waals surface area contributed by atoms with Gasteiger partial charge in [0.1, 0.15) is 0 Å². The van der Waals surface area contributed by atoms with Gasteiger partial charge in [0.05, 0.1) is 6.10 Å². The van der Waals surface area contributed by atoms with E-state index in [4.69, 9.17) is 0 Å². The summed E-state index contributed by atoms with van der Waals surface area (Å²) in [4.78, 5) is 0. The molecule has 0 spiro atoms. The minimum absolute atomic E-state index is 0.0117. The Morgan fingerprint density at radius 3 is 2.57 bits per heavy atom. The van der Waals surface area contributed by atoms with Gasteiger partial charge in [-0.25, -0.2) is 0 Å². The lowest BCUT2D eigenvalue weighted by molar-refractivity contribution is 0.0792. The molecule has 0 bridgehead atoms. The highest BCUT2D eigenvalue weighted by Crippen LogP contribution is 2.31. The van der Waals surface area contributed by atoms with Crippen molar-refractivity contribution in [3.63, 3.8) is 0 Å². The standard InChI is InChI=1S/C12H23NO/c14-12(11-5-1-2-6-11)8-10-4-3-7-13-9-10/h10-14H,1-9H2. The summed E-state index contributed by atoms with van der Waals surface area (Å²) < 4.78 is 0. The fourth-order valence-corrected chi connectivity index (χ4v) is 3.00. The normalized spacial score (nSPS) is 31.9. The monoisotopic (exact) mass is 197 g/mol. The summed E-state index contributed by atoms with van der Waals surface area (Å²) in [6.45, 7) is 2.31. The lowest BCUT2D eigenvalue weighted by Gasteiger charge is -2.27. The van der Waals surface area contributed by atoms with Crippen LogP contribution >= 0.6 is 0 Å². The molecule has 0 aromatic rings. The zero-order chi connectivity index (χ0) is 9.80. The van der Waals surface area contributed by atoms with Crippen molar-refractivity contribution >= 4 is 0 Å². The highest BCUT2D eigenvalue weighted by atomic mass is 16.3. The summed E-state index contributed by atoms with van der Waals surface area (Å²) in [5.74, 6) is 1.36. The number of hydrogen-bond acceptors (Lipinski definition) is 2. The fraction of sp³-hybridized carbons (Fsp3) is 1.00. The molecular weight excluding hydrogens is 174 g/mol. The maximum absolute atomic E-state index is 10.1. The summed E-state index contributed by atoms with van der Waals surface area (Å²) >= 11 is 0. The van der Waals surface area contributed by atoms with Crippen LogP contribution in [0.25, 0.3) is 0 Å². The van der Waals surface area contributed by atoms with Gasteiger partial charge in [-0.15, -0.1) is 0 Å². The molecular formula is C12H23NO. The molecule has 0 radical (unpaired) electrons. The van der Waals surface area contributed by atoms with Crippen LogP contribution in [0.4, 0.5) is 0 Å². The Balaban J connectivity index is 1.72. The van der Waals surface area contributed by atoms with Crippen LogP contribution < -0.4 is 5.32 Å². The van der Waals surface area contributed by atoms with Gasteiger partial charge in [-0.3, -0.25) is 0 Å². The van der Waals surface area contributed by atoms with Crippen LogP contribution in [0.2, 0.25) is 0 Å². The van der Waals surface area contributed by atoms with Crippen LogP contribution in [0.3, 0.4) is 0 Å². The Morgan fingerprint density at radius 1 is 1.14 bits per heavy atom. The topological polar surface area (TPSA) is 32.3 Å². The average molecular weight is 197 g/mol. The summed E-state index contributed by atoms with van der Waals surface area (Å²) in [7, 11) is 0. The Bertz CT molecular complexity index is 160. The third-order valence-corrected chi connectivity index (χ3v) is 3.92. The van der Waals surface area contributed by atoms with Gasteiger partial charge in [0.25, 0.3) is 0 Å². The molecule has 0 aromatic heterocycles. The SMILES string of the molecule is OC(CC1CCCNC1)C1CCCC1. The second-order valence-electron chi connectivity index (χ2n) is 5.06. The Labute approximate surface area is 87.1 Å². The first-order chi connectivity index (χ1) is 6.86. The smallest absolute Gasteiger partial charge is 0.0571 e. The minimum Gasteiger partial charge on any atom is -0.393 e. The van der Waals surface area contributed by atoms with Crippen molar-refractivity contribution in [3.8, 4) is 0 Å². The van der Waals surface area contributed by atoms with Crippen LogP contribution in [0, 0.1) is 11.8 Å². The first-order valence-electron chi connectivity index (χ1n) is 6.25. The predicted octanol–water partition coefficient (Wildman–Crippen LogP) is 1.93. The zero-order valence-corrected chi connectivity index (χ0v) is 9.04. The van der Waals surface area contributed by atoms with Gasteiger partial charge in [0.2, 0.25) is 0 Å². The van der Waals surface area contributed by atoms with E-state index in [2.05, 4.69) is 5.32 Å². The maximum Gasteiger partial charge on any atom is 0.0571 e. The number of aliphatic hydroxyl groups is 1. The van der Waals surface area contributed by atoms with E-state index in [1.165, 1.54) is 45.1 Å². The minimum atomic E-state index is -0.0117. The summed E-state index contributed by atoms with van der Waals surface area (Å²) in [5, 5.41) is 13.5. The molecule has 2 unspecified atom stereocenters. The Kier molecular flexibility index (Phi) is 3.82. The molecule has 2 N–H and O–H groups in total. The van der Waals surface area contributed by atoms with Gasteiger partial charge in [-0.1, -0.05) is 12.8 Å². The largest absolute Gasteiger partial charge is 0.393 e. The first-order valence-corrected chi connectivity index (χ1v) is 6.25. The van der Waals surface area contributed by atoms with E-state index >= 15 is 0 Å². The van der Waals surface area contributed by atoms with E-state index in [1.807, 2.05) is 0 Å². The molecule has 2 heteroatoms. The maximum atomic E-state index is 10.1. The van der Waals surface area contributed by atoms with Gasteiger partial charge < -0.3 is 10.4 Å². The van der Waals surface area contributed by atoms with Crippen LogP contribution in [0.15, 0.2) is 0 Å². The first kappa shape index (κ1) is 10.4. The molecule has 1 saturated heterocycles. The zero-order valence-electron chi connectivity index (χ0n) is 9.04. The molecule has 2 aliphatic rings. The van der Waals surface area contributed by atoms with Crippen molar-refractivity contribution in [1.29, 1.82) is 0 Å². The fourth-order valence-electron chi connectivity index (χ4n) is 3.00. The van der Waals surface area contributed by atoms with Gasteiger partial charge in [-0.2, -0.15) is 0 Å². The van der Waals surface area contributed by atoms with Crippen LogP contribution in [0.1, 0.15) is 44.9 Å². The summed E-state index contributed by atoms with van der Waals surface area (Å²) in [6, 6.07) is 0. The van der Waals surface area contributed by atoms with E-state index in [0.29, 0.717) is 5.92 Å². The lowest BCUT2D eigenvalue weighted by Crippen LogP contribution is -2.33. The van der Waals surface area contributed by atoms with E-state index in [0.717, 1.165) is 18.9 Å². The highest BCUT2D eigenvalue weighted by Gasteiger charge is 2.26. The third kappa shape index (κ3) is 2.71. The molecule has 1 aliphatic heterocycles. The molecule has 2 rings (SSSR count). The Hall–Kier alpha value is -0.0800. The molecule has 2 fully saturated rings. The van der Waals surface area contributed by atoms with Gasteiger partial charge in [0, 0.05) is 0 Å². The number of nitrogens with one attached hydrogen (secondary N) is 1. The van der Waals surface area contributed by atoms with Gasteiger partial charge in [-0.05, 0) is 57.0 Å². The molecule has 0 amide bonds. The van der Waals surface area contributed by atoms with Crippen molar-refractivity contribution in [1.82, 2.24) is 5.32 Å². The third-order valence-electron chi connectivity index (χ3n) is 3.92. The quantitative estimate of drug-likeness (QED) is 0.724. The van der Waals surface area contributed by atoms with Crippen molar-refractivity contribution in [2.45, 2.75) is 51.0 Å². The van der Waals surface area contributed by atoms with Crippen molar-refractivity contribution in [2.75, 3.05) is 13.1 Å². The predicted molar refractivity (Wildman–Crippen MR) is 58.2 cm³/mol. The van der Waals surface area contributed by atoms with Crippen molar-refractivity contribution in [3.05, 3.63) is 0 Å². The molecule has 0 aromatic carbocycles. The van der Waals surface area contributed by atoms with E-state index in [9.17, 15) is 5.11 Å². The molecule has 1 saturated carbocycles. The van der Waals surface area contributed by atoms with Crippen LogP contribution in [0.5, 0.6) is 0 Å². The van der Waals surface area contributed by atoms with E-state index in [1.54, 1.807) is 0 Å². The molecule has 82 valence electrons. The lowest BCUT2D eigenvalue weighted by atomic mass is 9.88. The van der Waals surface area contributed by atoms with Crippen molar-refractivity contribution in [2.24, 2.45) is 11.8 Å². The second kappa shape index (κ2) is 5.13. The van der Waals surface area contributed by atoms with Crippen LogP contribution in [-0.2, 0) is 0 Å². The van der Waals surface area contributed by atoms with Gasteiger partial charge in [0.15, 0.2) is 0 Å². The van der Waals surface area contributed by atoms with Crippen LogP contribution in [-0.4, -0.2) is 24.3 Å². The highest BCUT2D eigenvalue weighted by molar-refractivity contribution is 4.79. The molecule has 1 heterocycles. The number of hydrogen-bond donors (Lipinski definition) is 2. The summed E-state index contributed by atoms with van der Waals surface area (Å²) in [6.07, 6.45) is 8.84. The Morgan fingerprint density at radius 2 is 1.93 bits per heavy atom. The summed E-state index contributed by atoms with van der Waals surface area (Å²) in [5.41, 5.74) is 0. The van der Waals surface area contributed by atoms with E-state index in [-0.39, 0.29) is 6.10 Å². The number of rotatable bonds is 3. The van der Waals surface area contributed by atoms with Gasteiger partial charge >= 0.3 is 0 Å².